The van der Waals surface area contributed by atoms with Gasteiger partial charge in [-0.1, -0.05) is 72.1 Å². The molecule has 3 aromatic rings. The molecule has 1 N–H and O–H groups in total. The zero-order valence-electron chi connectivity index (χ0n) is 15.9. The second-order valence-electron chi connectivity index (χ2n) is 7.10. The Balaban J connectivity index is 1.33. The molecule has 5 heteroatoms. The molecule has 29 heavy (non-hydrogen) atoms. The minimum atomic E-state index is -0.0577. The van der Waals surface area contributed by atoms with Gasteiger partial charge < -0.3 is 5.32 Å². The molecule has 2 aliphatic rings. The van der Waals surface area contributed by atoms with Gasteiger partial charge in [0, 0.05) is 22.8 Å². The SMILES string of the molecule is O=C(Nc1ccc2c(c1)Cc1ccccc1-2)c1ccccc1CSC1=NCCS1. The van der Waals surface area contributed by atoms with Gasteiger partial charge in [-0.25, -0.2) is 0 Å². The zero-order valence-corrected chi connectivity index (χ0v) is 17.5. The van der Waals surface area contributed by atoms with Gasteiger partial charge >= 0.3 is 0 Å². The molecule has 3 aromatic carbocycles. The van der Waals surface area contributed by atoms with Gasteiger partial charge in [0.2, 0.25) is 0 Å². The van der Waals surface area contributed by atoms with Crippen LogP contribution in [0.2, 0.25) is 0 Å². The number of amides is 1. The van der Waals surface area contributed by atoms with Crippen LogP contribution in [0.15, 0.2) is 71.7 Å². The Bertz CT molecular complexity index is 1120. The Kier molecular flexibility index (Phi) is 5.17. The van der Waals surface area contributed by atoms with E-state index >= 15 is 0 Å². The number of nitrogens with one attached hydrogen (secondary N) is 1. The summed E-state index contributed by atoms with van der Waals surface area (Å²) in [6.07, 6.45) is 0.919. The summed E-state index contributed by atoms with van der Waals surface area (Å²) in [6.45, 7) is 0.900. The average molecular weight is 417 g/mol. The fraction of sp³-hybridized carbons (Fsp3) is 0.167. The van der Waals surface area contributed by atoms with E-state index in [-0.39, 0.29) is 5.91 Å². The molecule has 0 saturated heterocycles. The first-order valence-electron chi connectivity index (χ1n) is 9.68. The number of nitrogens with zero attached hydrogens (tertiary/aromatic N) is 1. The molecule has 0 fully saturated rings. The Morgan fingerprint density at radius 1 is 1.00 bits per heavy atom. The van der Waals surface area contributed by atoms with E-state index in [1.807, 2.05) is 30.3 Å². The first-order valence-corrected chi connectivity index (χ1v) is 11.7. The Morgan fingerprint density at radius 2 is 1.83 bits per heavy atom. The Labute approximate surface area is 179 Å². The molecule has 0 saturated carbocycles. The van der Waals surface area contributed by atoms with E-state index in [1.165, 1.54) is 22.3 Å². The summed E-state index contributed by atoms with van der Waals surface area (Å²) in [7, 11) is 0. The molecule has 144 valence electrons. The van der Waals surface area contributed by atoms with Crippen LogP contribution in [-0.4, -0.2) is 22.6 Å². The Hall–Kier alpha value is -2.50. The van der Waals surface area contributed by atoms with Crippen molar-refractivity contribution in [3.63, 3.8) is 0 Å². The fourth-order valence-electron chi connectivity index (χ4n) is 3.83. The topological polar surface area (TPSA) is 41.5 Å². The maximum absolute atomic E-state index is 13.0. The van der Waals surface area contributed by atoms with Crippen molar-refractivity contribution in [3.05, 3.63) is 89.0 Å². The van der Waals surface area contributed by atoms with Crippen LogP contribution >= 0.6 is 23.5 Å². The van der Waals surface area contributed by atoms with Crippen molar-refractivity contribution in [2.45, 2.75) is 12.2 Å². The summed E-state index contributed by atoms with van der Waals surface area (Å²) in [6, 6.07) is 22.6. The predicted molar refractivity (Wildman–Crippen MR) is 125 cm³/mol. The number of carbonyl (C=O) groups is 1. The third-order valence-corrected chi connectivity index (χ3v) is 7.52. The van der Waals surface area contributed by atoms with Gasteiger partial charge in [0.25, 0.3) is 5.91 Å². The van der Waals surface area contributed by atoms with Crippen molar-refractivity contribution in [3.8, 4) is 11.1 Å². The highest BCUT2D eigenvalue weighted by Gasteiger charge is 2.19. The van der Waals surface area contributed by atoms with Crippen molar-refractivity contribution in [1.82, 2.24) is 0 Å². The number of rotatable bonds is 4. The standard InChI is InChI=1S/C24H20N2OS2/c27-23(22-8-4-2-6-17(22)15-29-24-25-11-12-28-24)26-19-9-10-21-18(14-19)13-16-5-1-3-7-20(16)21/h1-10,14H,11-13,15H2,(H,26,27). The molecule has 0 radical (unpaired) electrons. The van der Waals surface area contributed by atoms with E-state index in [9.17, 15) is 4.79 Å². The zero-order chi connectivity index (χ0) is 19.6. The van der Waals surface area contributed by atoms with Crippen LogP contribution < -0.4 is 5.32 Å². The quantitative estimate of drug-likeness (QED) is 0.454. The minimum Gasteiger partial charge on any atom is -0.322 e. The lowest BCUT2D eigenvalue weighted by Crippen LogP contribution is -2.14. The summed E-state index contributed by atoms with van der Waals surface area (Å²) < 4.78 is 1.12. The highest BCUT2D eigenvalue weighted by molar-refractivity contribution is 8.38. The van der Waals surface area contributed by atoms with Crippen LogP contribution in [0.4, 0.5) is 5.69 Å². The van der Waals surface area contributed by atoms with Crippen LogP contribution in [0.1, 0.15) is 27.0 Å². The smallest absolute Gasteiger partial charge is 0.255 e. The molecule has 1 amide bonds. The summed E-state index contributed by atoms with van der Waals surface area (Å²) in [5, 5.41) is 3.10. The third-order valence-electron chi connectivity index (χ3n) is 5.22. The first kappa shape index (κ1) is 18.5. The highest BCUT2D eigenvalue weighted by atomic mass is 32.2. The predicted octanol–water partition coefficient (Wildman–Crippen LogP) is 5.85. The maximum atomic E-state index is 13.0. The average Bonchev–Trinajstić information content (AvgIpc) is 3.39. The Morgan fingerprint density at radius 3 is 2.72 bits per heavy atom. The van der Waals surface area contributed by atoms with Gasteiger partial charge in [-0.15, -0.1) is 0 Å². The number of hydrogen-bond donors (Lipinski definition) is 1. The van der Waals surface area contributed by atoms with Gasteiger partial charge in [-0.2, -0.15) is 0 Å². The van der Waals surface area contributed by atoms with Crippen LogP contribution in [-0.2, 0) is 12.2 Å². The molecule has 0 bridgehead atoms. The molecule has 0 atom stereocenters. The van der Waals surface area contributed by atoms with E-state index < -0.39 is 0 Å². The monoisotopic (exact) mass is 416 g/mol. The molecule has 0 aromatic heterocycles. The second kappa shape index (κ2) is 8.09. The van der Waals surface area contributed by atoms with E-state index in [4.69, 9.17) is 0 Å². The lowest BCUT2D eigenvalue weighted by molar-refractivity contribution is 0.102. The molecule has 1 heterocycles. The summed E-state index contributed by atoms with van der Waals surface area (Å²) >= 11 is 3.51. The van der Waals surface area contributed by atoms with Gasteiger partial charge in [0.05, 0.1) is 6.54 Å². The van der Waals surface area contributed by atoms with Crippen molar-refractivity contribution in [2.75, 3.05) is 17.6 Å². The van der Waals surface area contributed by atoms with Crippen LogP contribution in [0.25, 0.3) is 11.1 Å². The third kappa shape index (κ3) is 3.85. The maximum Gasteiger partial charge on any atom is 0.255 e. The minimum absolute atomic E-state index is 0.0577. The number of anilines is 1. The number of fused-ring (bicyclic) bond motifs is 3. The molecule has 0 unspecified atom stereocenters. The van der Waals surface area contributed by atoms with Crippen molar-refractivity contribution in [1.29, 1.82) is 0 Å². The molecular formula is C24H20N2OS2. The van der Waals surface area contributed by atoms with Gasteiger partial charge in [0.1, 0.15) is 4.38 Å². The van der Waals surface area contributed by atoms with Gasteiger partial charge in [-0.3, -0.25) is 9.79 Å². The number of aliphatic imine (C=N–C) groups is 1. The first-order chi connectivity index (χ1) is 14.3. The molecule has 0 spiro atoms. The lowest BCUT2D eigenvalue weighted by atomic mass is 10.1. The van der Waals surface area contributed by atoms with E-state index in [0.29, 0.717) is 0 Å². The van der Waals surface area contributed by atoms with E-state index in [1.54, 1.807) is 23.5 Å². The summed E-state index contributed by atoms with van der Waals surface area (Å²) in [5.41, 5.74) is 7.80. The highest BCUT2D eigenvalue weighted by Crippen LogP contribution is 2.37. The van der Waals surface area contributed by atoms with Crippen LogP contribution in [0.3, 0.4) is 0 Å². The number of thioether (sulfide) groups is 2. The number of benzene rings is 3. The largest absolute Gasteiger partial charge is 0.322 e. The fourth-order valence-corrected chi connectivity index (χ4v) is 5.84. The summed E-state index contributed by atoms with van der Waals surface area (Å²) in [5.74, 6) is 1.76. The second-order valence-corrected chi connectivity index (χ2v) is 9.41. The van der Waals surface area contributed by atoms with E-state index in [0.717, 1.165) is 45.7 Å². The van der Waals surface area contributed by atoms with Crippen LogP contribution in [0.5, 0.6) is 0 Å². The molecular weight excluding hydrogens is 396 g/mol. The molecule has 3 nitrogen and oxygen atoms in total. The van der Waals surface area contributed by atoms with Crippen LogP contribution in [0, 0.1) is 0 Å². The number of hydrogen-bond acceptors (Lipinski definition) is 4. The van der Waals surface area contributed by atoms with Crippen molar-refractivity contribution < 1.29 is 4.79 Å². The lowest BCUT2D eigenvalue weighted by Gasteiger charge is -2.11. The summed E-state index contributed by atoms with van der Waals surface area (Å²) in [4.78, 5) is 17.5. The number of carbonyl (C=O) groups excluding carboxylic acids is 1. The van der Waals surface area contributed by atoms with E-state index in [2.05, 4.69) is 46.7 Å². The molecule has 5 rings (SSSR count). The van der Waals surface area contributed by atoms with Crippen molar-refractivity contribution >= 4 is 39.5 Å². The normalized spacial score (nSPS) is 14.3. The molecule has 1 aliphatic carbocycles. The van der Waals surface area contributed by atoms with Gasteiger partial charge in [0.15, 0.2) is 0 Å². The molecule has 1 aliphatic heterocycles. The van der Waals surface area contributed by atoms with Gasteiger partial charge in [-0.05, 0) is 52.4 Å². The van der Waals surface area contributed by atoms with Crippen molar-refractivity contribution in [2.24, 2.45) is 4.99 Å².